The zero-order valence-electron chi connectivity index (χ0n) is 7.01. The van der Waals surface area contributed by atoms with Crippen molar-refractivity contribution in [3.05, 3.63) is 0 Å². The molecule has 0 aromatic rings. The molecule has 2 rings (SSSR count). The van der Waals surface area contributed by atoms with Gasteiger partial charge in [0.05, 0.1) is 0 Å². The van der Waals surface area contributed by atoms with Crippen LogP contribution in [0.5, 0.6) is 0 Å². The molecule has 1 saturated heterocycles. The van der Waals surface area contributed by atoms with Gasteiger partial charge in [-0.2, -0.15) is 11.8 Å². The van der Waals surface area contributed by atoms with Crippen LogP contribution in [0, 0.1) is 11.3 Å². The predicted molar refractivity (Wildman–Crippen MR) is 50.8 cm³/mol. The van der Waals surface area contributed by atoms with Gasteiger partial charge >= 0.3 is 0 Å². The summed E-state index contributed by atoms with van der Waals surface area (Å²) >= 11 is 2.12. The SMILES string of the molecule is NCC1(CC2CCSC2)CC1. The van der Waals surface area contributed by atoms with Crippen LogP contribution in [0.2, 0.25) is 0 Å². The Balaban J connectivity index is 1.80. The van der Waals surface area contributed by atoms with Crippen molar-refractivity contribution >= 4 is 11.8 Å². The van der Waals surface area contributed by atoms with Crippen molar-refractivity contribution in [2.45, 2.75) is 25.7 Å². The fraction of sp³-hybridized carbons (Fsp3) is 1.00. The summed E-state index contributed by atoms with van der Waals surface area (Å²) in [5.74, 6) is 3.80. The lowest BCUT2D eigenvalue weighted by atomic mass is 9.92. The molecule has 1 saturated carbocycles. The van der Waals surface area contributed by atoms with E-state index in [-0.39, 0.29) is 0 Å². The predicted octanol–water partition coefficient (Wildman–Crippen LogP) is 1.87. The molecule has 0 amide bonds. The first kappa shape index (κ1) is 7.93. The third-order valence-corrected chi connectivity index (χ3v) is 4.37. The first-order valence-corrected chi connectivity index (χ1v) is 5.78. The van der Waals surface area contributed by atoms with Crippen LogP contribution in [-0.4, -0.2) is 18.1 Å². The first-order valence-electron chi connectivity index (χ1n) is 4.62. The summed E-state index contributed by atoms with van der Waals surface area (Å²) in [6.45, 7) is 0.939. The van der Waals surface area contributed by atoms with E-state index in [1.54, 1.807) is 0 Å². The molecule has 0 aromatic heterocycles. The van der Waals surface area contributed by atoms with Crippen molar-refractivity contribution in [3.63, 3.8) is 0 Å². The topological polar surface area (TPSA) is 26.0 Å². The van der Waals surface area contributed by atoms with Crippen LogP contribution in [-0.2, 0) is 0 Å². The minimum absolute atomic E-state index is 0.621. The number of nitrogens with two attached hydrogens (primary N) is 1. The molecule has 1 aliphatic carbocycles. The van der Waals surface area contributed by atoms with E-state index < -0.39 is 0 Å². The minimum Gasteiger partial charge on any atom is -0.330 e. The van der Waals surface area contributed by atoms with Crippen molar-refractivity contribution in [1.29, 1.82) is 0 Å². The minimum atomic E-state index is 0.621. The second kappa shape index (κ2) is 2.98. The number of rotatable bonds is 3. The highest BCUT2D eigenvalue weighted by Gasteiger charge is 2.42. The van der Waals surface area contributed by atoms with Crippen molar-refractivity contribution < 1.29 is 0 Å². The Morgan fingerprint density at radius 2 is 2.27 bits per heavy atom. The Labute approximate surface area is 73.1 Å². The molecule has 1 atom stereocenters. The maximum atomic E-state index is 5.74. The summed E-state index contributed by atoms with van der Waals surface area (Å²) in [7, 11) is 0. The van der Waals surface area contributed by atoms with Gasteiger partial charge in [0.15, 0.2) is 0 Å². The molecule has 11 heavy (non-hydrogen) atoms. The number of hydrogen-bond acceptors (Lipinski definition) is 2. The van der Waals surface area contributed by atoms with E-state index in [1.807, 2.05) is 0 Å². The van der Waals surface area contributed by atoms with E-state index in [0.29, 0.717) is 5.41 Å². The molecule has 2 heteroatoms. The molecule has 0 bridgehead atoms. The summed E-state index contributed by atoms with van der Waals surface area (Å²) in [5.41, 5.74) is 6.36. The Morgan fingerprint density at radius 3 is 2.73 bits per heavy atom. The third kappa shape index (κ3) is 1.73. The van der Waals surface area contributed by atoms with Crippen LogP contribution in [0.3, 0.4) is 0 Å². The number of hydrogen-bond donors (Lipinski definition) is 1. The fourth-order valence-electron chi connectivity index (χ4n) is 2.03. The Kier molecular flexibility index (Phi) is 2.15. The summed E-state index contributed by atoms with van der Waals surface area (Å²) in [6, 6.07) is 0. The molecular formula is C9H17NS. The van der Waals surface area contributed by atoms with Gasteiger partial charge < -0.3 is 5.73 Å². The van der Waals surface area contributed by atoms with E-state index in [0.717, 1.165) is 12.5 Å². The summed E-state index contributed by atoms with van der Waals surface area (Å²) < 4.78 is 0. The van der Waals surface area contributed by atoms with Crippen LogP contribution in [0.25, 0.3) is 0 Å². The smallest absolute Gasteiger partial charge is 0.00204 e. The van der Waals surface area contributed by atoms with Crippen molar-refractivity contribution in [2.75, 3.05) is 18.1 Å². The van der Waals surface area contributed by atoms with Crippen molar-refractivity contribution in [3.8, 4) is 0 Å². The fourth-order valence-corrected chi connectivity index (χ4v) is 3.31. The Morgan fingerprint density at radius 1 is 1.45 bits per heavy atom. The highest BCUT2D eigenvalue weighted by Crippen LogP contribution is 2.51. The average Bonchev–Trinajstić information content (AvgIpc) is 2.59. The molecule has 2 fully saturated rings. The van der Waals surface area contributed by atoms with Gasteiger partial charge in [0.25, 0.3) is 0 Å². The van der Waals surface area contributed by atoms with Gasteiger partial charge in [0.1, 0.15) is 0 Å². The summed E-state index contributed by atoms with van der Waals surface area (Å²) in [6.07, 6.45) is 5.69. The monoisotopic (exact) mass is 171 g/mol. The summed E-state index contributed by atoms with van der Waals surface area (Å²) in [5, 5.41) is 0. The molecule has 0 radical (unpaired) electrons. The lowest BCUT2D eigenvalue weighted by Crippen LogP contribution is -2.19. The van der Waals surface area contributed by atoms with Crippen LogP contribution in [0.1, 0.15) is 25.7 Å². The second-order valence-electron chi connectivity index (χ2n) is 4.14. The molecule has 2 N–H and O–H groups in total. The Bertz CT molecular complexity index is 136. The molecule has 64 valence electrons. The molecule has 0 aromatic carbocycles. The third-order valence-electron chi connectivity index (χ3n) is 3.14. The largest absolute Gasteiger partial charge is 0.330 e. The van der Waals surface area contributed by atoms with Crippen molar-refractivity contribution in [1.82, 2.24) is 0 Å². The molecular weight excluding hydrogens is 154 g/mol. The molecule has 1 aliphatic heterocycles. The lowest BCUT2D eigenvalue weighted by Gasteiger charge is -2.16. The lowest BCUT2D eigenvalue weighted by molar-refractivity contribution is 0.384. The first-order chi connectivity index (χ1) is 5.35. The second-order valence-corrected chi connectivity index (χ2v) is 5.29. The molecule has 1 nitrogen and oxygen atoms in total. The van der Waals surface area contributed by atoms with E-state index in [9.17, 15) is 0 Å². The zero-order chi connectivity index (χ0) is 7.73. The average molecular weight is 171 g/mol. The maximum Gasteiger partial charge on any atom is -0.00204 e. The molecule has 1 unspecified atom stereocenters. The molecule has 1 heterocycles. The van der Waals surface area contributed by atoms with E-state index in [1.165, 1.54) is 37.2 Å². The van der Waals surface area contributed by atoms with Gasteiger partial charge in [-0.05, 0) is 55.1 Å². The Hall–Kier alpha value is 0.310. The molecule has 2 aliphatic rings. The van der Waals surface area contributed by atoms with Crippen LogP contribution in [0.4, 0.5) is 0 Å². The van der Waals surface area contributed by atoms with E-state index in [4.69, 9.17) is 5.73 Å². The standard InChI is InChI=1S/C9H17NS/c10-7-9(2-3-9)5-8-1-4-11-6-8/h8H,1-7,10H2. The van der Waals surface area contributed by atoms with E-state index in [2.05, 4.69) is 11.8 Å². The van der Waals surface area contributed by atoms with Gasteiger partial charge in [-0.3, -0.25) is 0 Å². The normalized spacial score (nSPS) is 34.1. The van der Waals surface area contributed by atoms with Crippen molar-refractivity contribution in [2.24, 2.45) is 17.1 Å². The number of thioether (sulfide) groups is 1. The maximum absolute atomic E-state index is 5.74. The molecule has 0 spiro atoms. The van der Waals surface area contributed by atoms with Crippen LogP contribution < -0.4 is 5.73 Å². The van der Waals surface area contributed by atoms with Gasteiger partial charge in [-0.1, -0.05) is 0 Å². The summed E-state index contributed by atoms with van der Waals surface area (Å²) in [4.78, 5) is 0. The quantitative estimate of drug-likeness (QED) is 0.701. The highest BCUT2D eigenvalue weighted by molar-refractivity contribution is 7.99. The van der Waals surface area contributed by atoms with Gasteiger partial charge in [-0.15, -0.1) is 0 Å². The zero-order valence-corrected chi connectivity index (χ0v) is 7.83. The van der Waals surface area contributed by atoms with E-state index >= 15 is 0 Å². The van der Waals surface area contributed by atoms with Crippen LogP contribution >= 0.6 is 11.8 Å². The van der Waals surface area contributed by atoms with Gasteiger partial charge in [0, 0.05) is 0 Å². The van der Waals surface area contributed by atoms with Gasteiger partial charge in [-0.25, -0.2) is 0 Å². The van der Waals surface area contributed by atoms with Crippen LogP contribution in [0.15, 0.2) is 0 Å². The van der Waals surface area contributed by atoms with Gasteiger partial charge in [0.2, 0.25) is 0 Å². The highest BCUT2D eigenvalue weighted by atomic mass is 32.2.